The molecule has 4 nitrogen and oxygen atoms in total. The summed E-state index contributed by atoms with van der Waals surface area (Å²) in [7, 11) is 0. The van der Waals surface area contributed by atoms with Gasteiger partial charge in [-0.2, -0.15) is 0 Å². The highest BCUT2D eigenvalue weighted by Crippen LogP contribution is 2.41. The summed E-state index contributed by atoms with van der Waals surface area (Å²) in [4.78, 5) is 26.6. The topological polar surface area (TPSA) is 49.4 Å². The molecular formula is C21H38N2O2. The molecule has 4 unspecified atom stereocenters. The molecule has 2 amide bonds. The van der Waals surface area contributed by atoms with Crippen molar-refractivity contribution in [1.82, 2.24) is 10.2 Å². The number of piperidine rings is 1. The van der Waals surface area contributed by atoms with Crippen LogP contribution in [-0.4, -0.2) is 34.8 Å². The van der Waals surface area contributed by atoms with E-state index in [-0.39, 0.29) is 11.9 Å². The van der Waals surface area contributed by atoms with Crippen molar-refractivity contribution in [2.45, 2.75) is 104 Å². The van der Waals surface area contributed by atoms with Crippen molar-refractivity contribution in [3.8, 4) is 0 Å². The van der Waals surface area contributed by atoms with Gasteiger partial charge in [-0.25, -0.2) is 0 Å². The monoisotopic (exact) mass is 350 g/mol. The molecule has 2 heterocycles. The maximum atomic E-state index is 12.8. The van der Waals surface area contributed by atoms with E-state index in [1.165, 1.54) is 12.8 Å². The Balaban J connectivity index is 1.85. The highest BCUT2D eigenvalue weighted by molar-refractivity contribution is 5.77. The number of nitrogens with one attached hydrogen (secondary N) is 1. The lowest BCUT2D eigenvalue weighted by Gasteiger charge is -2.40. The summed E-state index contributed by atoms with van der Waals surface area (Å²) < 4.78 is 0. The van der Waals surface area contributed by atoms with E-state index in [9.17, 15) is 9.59 Å². The Morgan fingerprint density at radius 2 is 1.68 bits per heavy atom. The molecule has 1 N–H and O–H groups in total. The maximum absolute atomic E-state index is 12.8. The van der Waals surface area contributed by atoms with Gasteiger partial charge >= 0.3 is 0 Å². The molecule has 4 atom stereocenters. The summed E-state index contributed by atoms with van der Waals surface area (Å²) in [5, 5.41) is 3.09. The van der Waals surface area contributed by atoms with Crippen molar-refractivity contribution in [1.29, 1.82) is 0 Å². The van der Waals surface area contributed by atoms with Gasteiger partial charge in [-0.15, -0.1) is 0 Å². The zero-order chi connectivity index (χ0) is 18.6. The number of nitrogens with zero attached hydrogens (tertiary/aromatic N) is 1. The fourth-order valence-corrected chi connectivity index (χ4v) is 5.12. The van der Waals surface area contributed by atoms with Crippen LogP contribution in [0.5, 0.6) is 0 Å². The summed E-state index contributed by atoms with van der Waals surface area (Å²) in [6, 6.07) is 1.12. The van der Waals surface area contributed by atoms with Gasteiger partial charge in [0.2, 0.25) is 11.8 Å². The molecule has 0 aromatic heterocycles. The highest BCUT2D eigenvalue weighted by atomic mass is 16.2. The van der Waals surface area contributed by atoms with Crippen molar-refractivity contribution in [3.63, 3.8) is 0 Å². The van der Waals surface area contributed by atoms with Gasteiger partial charge in [0.1, 0.15) is 0 Å². The molecule has 2 aliphatic rings. The molecule has 4 heteroatoms. The molecule has 2 saturated heterocycles. The third kappa shape index (κ3) is 5.72. The Hall–Kier alpha value is -1.06. The number of carbonyl (C=O) groups is 2. The lowest BCUT2D eigenvalue weighted by Crippen LogP contribution is -2.48. The van der Waals surface area contributed by atoms with Crippen molar-refractivity contribution >= 4 is 11.8 Å². The summed E-state index contributed by atoms with van der Waals surface area (Å²) in [6.07, 6.45) is 8.01. The maximum Gasteiger partial charge on any atom is 0.223 e. The van der Waals surface area contributed by atoms with Crippen LogP contribution in [0.3, 0.4) is 0 Å². The molecular weight excluding hydrogens is 312 g/mol. The fraction of sp³-hybridized carbons (Fsp3) is 0.905. The number of hydrogen-bond acceptors (Lipinski definition) is 2. The third-order valence-corrected chi connectivity index (χ3v) is 5.93. The zero-order valence-corrected chi connectivity index (χ0v) is 16.9. The minimum absolute atomic E-state index is 0.141. The van der Waals surface area contributed by atoms with E-state index in [1.54, 1.807) is 0 Å². The highest BCUT2D eigenvalue weighted by Gasteiger charge is 2.43. The predicted molar refractivity (Wildman–Crippen MR) is 102 cm³/mol. The van der Waals surface area contributed by atoms with Crippen LogP contribution >= 0.6 is 0 Å². The van der Waals surface area contributed by atoms with E-state index in [0.717, 1.165) is 25.7 Å². The van der Waals surface area contributed by atoms with Crippen LogP contribution in [0, 0.1) is 17.8 Å². The van der Waals surface area contributed by atoms with E-state index >= 15 is 0 Å². The average Bonchev–Trinajstić information content (AvgIpc) is 2.77. The summed E-state index contributed by atoms with van der Waals surface area (Å²) in [5.74, 6) is 2.30. The van der Waals surface area contributed by atoms with Gasteiger partial charge in [0.15, 0.2) is 0 Å². The Morgan fingerprint density at radius 1 is 1.08 bits per heavy atom. The molecule has 0 aromatic rings. The molecule has 0 radical (unpaired) electrons. The SMILES string of the molecule is CCC(=O)NC(C)CC1CC2CCC(C1)N2C(=O)CC(C)CC(C)C. The Bertz CT molecular complexity index is 449. The second-order valence-electron chi connectivity index (χ2n) is 9.02. The van der Waals surface area contributed by atoms with E-state index in [1.807, 2.05) is 6.92 Å². The molecule has 2 fully saturated rings. The first kappa shape index (κ1) is 20.3. The molecule has 144 valence electrons. The van der Waals surface area contributed by atoms with Crippen LogP contribution in [0.15, 0.2) is 0 Å². The number of amides is 2. The van der Waals surface area contributed by atoms with Crippen molar-refractivity contribution in [2.24, 2.45) is 17.8 Å². The van der Waals surface area contributed by atoms with Crippen LogP contribution in [0.2, 0.25) is 0 Å². The second kappa shape index (κ2) is 9.05. The number of hydrogen-bond donors (Lipinski definition) is 1. The van der Waals surface area contributed by atoms with Gasteiger partial charge in [-0.3, -0.25) is 9.59 Å². The van der Waals surface area contributed by atoms with Crippen LogP contribution in [0.4, 0.5) is 0 Å². The minimum Gasteiger partial charge on any atom is -0.354 e. The fourth-order valence-electron chi connectivity index (χ4n) is 5.12. The summed E-state index contributed by atoms with van der Waals surface area (Å²) in [6.45, 7) is 10.7. The van der Waals surface area contributed by atoms with E-state index in [4.69, 9.17) is 0 Å². The molecule has 2 rings (SSSR count). The smallest absolute Gasteiger partial charge is 0.223 e. The minimum atomic E-state index is 0.141. The molecule has 0 aliphatic carbocycles. The Morgan fingerprint density at radius 3 is 2.20 bits per heavy atom. The van der Waals surface area contributed by atoms with Gasteiger partial charge in [-0.1, -0.05) is 27.7 Å². The van der Waals surface area contributed by atoms with Crippen molar-refractivity contribution in [2.75, 3.05) is 0 Å². The molecule has 2 aliphatic heterocycles. The van der Waals surface area contributed by atoms with Crippen molar-refractivity contribution in [3.05, 3.63) is 0 Å². The van der Waals surface area contributed by atoms with Gasteiger partial charge < -0.3 is 10.2 Å². The summed E-state index contributed by atoms with van der Waals surface area (Å²) >= 11 is 0. The van der Waals surface area contributed by atoms with E-state index < -0.39 is 0 Å². The lowest BCUT2D eigenvalue weighted by atomic mass is 9.85. The van der Waals surface area contributed by atoms with Crippen LogP contribution < -0.4 is 5.32 Å². The first-order chi connectivity index (χ1) is 11.8. The normalized spacial score (nSPS) is 28.1. The zero-order valence-electron chi connectivity index (χ0n) is 16.9. The Labute approximate surface area is 154 Å². The largest absolute Gasteiger partial charge is 0.354 e. The quantitative estimate of drug-likeness (QED) is 0.715. The number of carbonyl (C=O) groups excluding carboxylic acids is 2. The van der Waals surface area contributed by atoms with Crippen molar-refractivity contribution < 1.29 is 9.59 Å². The first-order valence-electron chi connectivity index (χ1n) is 10.4. The second-order valence-corrected chi connectivity index (χ2v) is 9.02. The number of fused-ring (bicyclic) bond motifs is 2. The van der Waals surface area contributed by atoms with Crippen LogP contribution in [0.25, 0.3) is 0 Å². The molecule has 0 saturated carbocycles. The predicted octanol–water partition coefficient (Wildman–Crippen LogP) is 4.13. The molecule has 0 aromatic carbocycles. The number of rotatable bonds is 8. The van der Waals surface area contributed by atoms with Gasteiger partial charge in [0.05, 0.1) is 0 Å². The Kier molecular flexibility index (Phi) is 7.33. The third-order valence-electron chi connectivity index (χ3n) is 5.93. The van der Waals surface area contributed by atoms with Crippen LogP contribution in [0.1, 0.15) is 86.0 Å². The molecule has 25 heavy (non-hydrogen) atoms. The first-order valence-corrected chi connectivity index (χ1v) is 10.4. The van der Waals surface area contributed by atoms with Gasteiger partial charge in [0, 0.05) is 31.0 Å². The molecule has 0 spiro atoms. The van der Waals surface area contributed by atoms with E-state index in [2.05, 4.69) is 37.9 Å². The van der Waals surface area contributed by atoms with E-state index in [0.29, 0.717) is 48.6 Å². The van der Waals surface area contributed by atoms with Crippen LogP contribution in [-0.2, 0) is 9.59 Å². The van der Waals surface area contributed by atoms with Gasteiger partial charge in [0.25, 0.3) is 0 Å². The van der Waals surface area contributed by atoms with Gasteiger partial charge in [-0.05, 0) is 63.2 Å². The standard InChI is InChI=1S/C21H38N2O2/c1-6-20(24)22-16(5)11-17-12-18-7-8-19(13-17)23(18)21(25)10-15(4)9-14(2)3/h14-19H,6-13H2,1-5H3,(H,22,24). The molecule has 2 bridgehead atoms. The lowest BCUT2D eigenvalue weighted by molar-refractivity contribution is -0.137. The summed E-state index contributed by atoms with van der Waals surface area (Å²) in [5.41, 5.74) is 0. The average molecular weight is 351 g/mol.